The molecule has 0 saturated carbocycles. The van der Waals surface area contributed by atoms with Crippen LogP contribution in [0.15, 0.2) is 40.5 Å². The van der Waals surface area contributed by atoms with Crippen LogP contribution >= 0.6 is 0 Å². The van der Waals surface area contributed by atoms with Gasteiger partial charge in [-0.1, -0.05) is 35.5 Å². The van der Waals surface area contributed by atoms with Gasteiger partial charge in [0.05, 0.1) is 6.34 Å². The Labute approximate surface area is 91.8 Å². The monoisotopic (exact) mass is 215 g/mol. The van der Waals surface area contributed by atoms with Gasteiger partial charge in [0.15, 0.2) is 0 Å². The van der Waals surface area contributed by atoms with Gasteiger partial charge in [-0.15, -0.1) is 0 Å². The zero-order valence-corrected chi connectivity index (χ0v) is 8.33. The van der Waals surface area contributed by atoms with Crippen LogP contribution in [0.2, 0.25) is 0 Å². The molecule has 1 aromatic rings. The number of carbonyl (C=O) groups is 1. The summed E-state index contributed by atoms with van der Waals surface area (Å²) in [5.41, 5.74) is 1.53. The maximum atomic E-state index is 11.7. The number of aliphatic imine (C=N–C) groups is 1. The third-order valence-electron chi connectivity index (χ3n) is 2.62. The van der Waals surface area contributed by atoms with Crippen molar-refractivity contribution in [2.75, 3.05) is 0 Å². The molecule has 16 heavy (non-hydrogen) atoms. The van der Waals surface area contributed by atoms with Gasteiger partial charge in [0.2, 0.25) is 12.1 Å². The molecule has 0 fully saturated rings. The lowest BCUT2D eigenvalue weighted by Gasteiger charge is -2.17. The zero-order chi connectivity index (χ0) is 11.0. The van der Waals surface area contributed by atoms with E-state index in [0.717, 1.165) is 5.56 Å². The highest BCUT2D eigenvalue weighted by Gasteiger charge is 2.41. The van der Waals surface area contributed by atoms with Crippen molar-refractivity contribution in [3.8, 4) is 0 Å². The van der Waals surface area contributed by atoms with Gasteiger partial charge in [0.25, 0.3) is 0 Å². The van der Waals surface area contributed by atoms with Crippen LogP contribution in [0.5, 0.6) is 0 Å². The predicted octanol–water partition coefficient (Wildman–Crippen LogP) is 0.521. The summed E-state index contributed by atoms with van der Waals surface area (Å²) in [5, 5.41) is 6.50. The van der Waals surface area contributed by atoms with Gasteiger partial charge in [-0.3, -0.25) is 4.79 Å². The van der Waals surface area contributed by atoms with Crippen LogP contribution in [-0.4, -0.2) is 24.2 Å². The Morgan fingerprint density at radius 1 is 1.25 bits per heavy atom. The summed E-state index contributed by atoms with van der Waals surface area (Å²) in [6.45, 7) is 0. The highest BCUT2D eigenvalue weighted by Crippen LogP contribution is 2.25. The second-order valence-corrected chi connectivity index (χ2v) is 3.60. The molecule has 1 N–H and O–H groups in total. The third kappa shape index (κ3) is 1.29. The van der Waals surface area contributed by atoms with E-state index in [-0.39, 0.29) is 5.91 Å². The zero-order valence-electron chi connectivity index (χ0n) is 8.33. The van der Waals surface area contributed by atoms with Crippen LogP contribution < -0.4 is 5.32 Å². The van der Waals surface area contributed by atoms with E-state index in [1.165, 1.54) is 6.34 Å². The van der Waals surface area contributed by atoms with E-state index in [4.69, 9.17) is 4.84 Å². The van der Waals surface area contributed by atoms with Crippen LogP contribution in [0.3, 0.4) is 0 Å². The van der Waals surface area contributed by atoms with Crippen molar-refractivity contribution in [1.29, 1.82) is 0 Å². The van der Waals surface area contributed by atoms with Crippen molar-refractivity contribution in [3.05, 3.63) is 35.9 Å². The lowest BCUT2D eigenvalue weighted by Crippen LogP contribution is -2.43. The van der Waals surface area contributed by atoms with Gasteiger partial charge in [0, 0.05) is 5.56 Å². The van der Waals surface area contributed by atoms with Crippen LogP contribution in [-0.2, 0) is 9.63 Å². The van der Waals surface area contributed by atoms with E-state index in [9.17, 15) is 4.79 Å². The molecule has 2 heterocycles. The topological polar surface area (TPSA) is 63.0 Å². The van der Waals surface area contributed by atoms with Gasteiger partial charge < -0.3 is 10.2 Å². The number of rotatable bonds is 1. The average molecular weight is 215 g/mol. The molecular weight excluding hydrogens is 206 g/mol. The molecule has 2 unspecified atom stereocenters. The Balaban J connectivity index is 1.99. The molecule has 3 rings (SSSR count). The first-order valence-corrected chi connectivity index (χ1v) is 4.97. The highest BCUT2D eigenvalue weighted by molar-refractivity contribution is 6.16. The minimum Gasteiger partial charge on any atom is -0.367 e. The van der Waals surface area contributed by atoms with Crippen LogP contribution in [0, 0.1) is 5.92 Å². The Morgan fingerprint density at radius 2 is 2.06 bits per heavy atom. The number of amides is 1. The molecule has 0 aliphatic carbocycles. The molecule has 5 nitrogen and oxygen atoms in total. The molecule has 0 radical (unpaired) electrons. The van der Waals surface area contributed by atoms with Crippen LogP contribution in [0.4, 0.5) is 0 Å². The molecule has 5 heteroatoms. The maximum absolute atomic E-state index is 11.7. The normalized spacial score (nSPS) is 26.8. The Kier molecular flexibility index (Phi) is 1.96. The summed E-state index contributed by atoms with van der Waals surface area (Å²) in [7, 11) is 0. The molecule has 2 aliphatic heterocycles. The second-order valence-electron chi connectivity index (χ2n) is 3.60. The van der Waals surface area contributed by atoms with Crippen molar-refractivity contribution in [3.63, 3.8) is 0 Å². The summed E-state index contributed by atoms with van der Waals surface area (Å²) in [6, 6.07) is 9.51. The highest BCUT2D eigenvalue weighted by atomic mass is 16.7. The minimum absolute atomic E-state index is 0.125. The van der Waals surface area contributed by atoms with Crippen LogP contribution in [0.1, 0.15) is 5.56 Å². The fourth-order valence-corrected chi connectivity index (χ4v) is 1.84. The first-order valence-electron chi connectivity index (χ1n) is 4.97. The number of carbonyl (C=O) groups excluding carboxylic acids is 1. The summed E-state index contributed by atoms with van der Waals surface area (Å²) < 4.78 is 0. The molecule has 0 saturated heterocycles. The quantitative estimate of drug-likeness (QED) is 0.742. The van der Waals surface area contributed by atoms with Gasteiger partial charge in [-0.25, -0.2) is 4.99 Å². The molecule has 1 aromatic carbocycles. The number of nitrogens with one attached hydrogen (secondary N) is 1. The Morgan fingerprint density at radius 3 is 2.88 bits per heavy atom. The Bertz CT molecular complexity index is 481. The number of nitrogens with zero attached hydrogens (tertiary/aromatic N) is 2. The van der Waals surface area contributed by atoms with E-state index in [2.05, 4.69) is 15.5 Å². The number of oxime groups is 1. The smallest absolute Gasteiger partial charge is 0.240 e. The lowest BCUT2D eigenvalue weighted by atomic mass is 9.94. The van der Waals surface area contributed by atoms with Crippen molar-refractivity contribution < 1.29 is 9.63 Å². The van der Waals surface area contributed by atoms with Crippen LogP contribution in [0.25, 0.3) is 0 Å². The number of fused-ring (bicyclic) bond motifs is 1. The van der Waals surface area contributed by atoms with Crippen molar-refractivity contribution in [1.82, 2.24) is 5.32 Å². The predicted molar refractivity (Wildman–Crippen MR) is 58.0 cm³/mol. The number of benzene rings is 1. The summed E-state index contributed by atoms with van der Waals surface area (Å²) >= 11 is 0. The van der Waals surface area contributed by atoms with E-state index >= 15 is 0 Å². The van der Waals surface area contributed by atoms with Crippen molar-refractivity contribution in [2.45, 2.75) is 6.23 Å². The maximum Gasteiger partial charge on any atom is 0.240 e. The fraction of sp³-hybridized carbons (Fsp3) is 0.182. The molecule has 80 valence electrons. The van der Waals surface area contributed by atoms with Crippen molar-refractivity contribution >= 4 is 18.0 Å². The minimum atomic E-state index is -0.510. The summed E-state index contributed by atoms with van der Waals surface area (Å²) in [5.74, 6) is -0.562. The third-order valence-corrected chi connectivity index (χ3v) is 2.62. The fourth-order valence-electron chi connectivity index (χ4n) is 1.84. The molecule has 1 amide bonds. The molecule has 0 spiro atoms. The van der Waals surface area contributed by atoms with Gasteiger partial charge >= 0.3 is 0 Å². The summed E-state index contributed by atoms with van der Waals surface area (Å²) in [6.07, 6.45) is 0.844. The largest absolute Gasteiger partial charge is 0.367 e. The molecular formula is C11H9N3O2. The molecule has 2 atom stereocenters. The van der Waals surface area contributed by atoms with E-state index in [1.54, 1.807) is 0 Å². The summed E-state index contributed by atoms with van der Waals surface area (Å²) in [4.78, 5) is 20.8. The first-order chi connectivity index (χ1) is 7.86. The first kappa shape index (κ1) is 9.08. The SMILES string of the molecule is O=C1NC=NC2ON=C(c3ccccc3)C12. The average Bonchev–Trinajstić information content (AvgIpc) is 2.75. The lowest BCUT2D eigenvalue weighted by molar-refractivity contribution is -0.124. The number of hydrogen-bond donors (Lipinski definition) is 1. The van der Waals surface area contributed by atoms with E-state index in [1.807, 2.05) is 30.3 Å². The van der Waals surface area contributed by atoms with Gasteiger partial charge in [-0.2, -0.15) is 0 Å². The molecule has 0 aromatic heterocycles. The van der Waals surface area contributed by atoms with E-state index in [0.29, 0.717) is 5.71 Å². The van der Waals surface area contributed by atoms with Gasteiger partial charge in [-0.05, 0) is 0 Å². The standard InChI is InChI=1S/C11H9N3O2/c15-10-8-9(7-4-2-1-3-5-7)14-16-11(8)13-6-12-10/h1-6,8,11H,(H,12,13,15). The van der Waals surface area contributed by atoms with E-state index < -0.39 is 12.1 Å². The second kappa shape index (κ2) is 3.44. The Hall–Kier alpha value is -2.17. The van der Waals surface area contributed by atoms with Crippen molar-refractivity contribution in [2.24, 2.45) is 16.1 Å². The number of hydrogen-bond acceptors (Lipinski definition) is 4. The molecule has 0 bridgehead atoms. The van der Waals surface area contributed by atoms with Gasteiger partial charge in [0.1, 0.15) is 11.6 Å². The molecule has 2 aliphatic rings.